The molecule has 1 amide bonds. The summed E-state index contributed by atoms with van der Waals surface area (Å²) in [6, 6.07) is 12.9. The molecule has 32 heavy (non-hydrogen) atoms. The SMILES string of the molecule is O=C1C(=O)N(Cc2cccnc2)C(c2ccccc2F)/C1=C(\O)c1ccc2c(c1)OCO2. The minimum Gasteiger partial charge on any atom is -0.507 e. The van der Waals surface area contributed by atoms with E-state index >= 15 is 0 Å². The van der Waals surface area contributed by atoms with Gasteiger partial charge >= 0.3 is 0 Å². The van der Waals surface area contributed by atoms with Crippen molar-refractivity contribution < 1.29 is 28.6 Å². The molecular formula is C24H17FN2O5. The lowest BCUT2D eigenvalue weighted by Crippen LogP contribution is -2.29. The maximum Gasteiger partial charge on any atom is 0.295 e. The highest BCUT2D eigenvalue weighted by Crippen LogP contribution is 2.42. The Kier molecular flexibility index (Phi) is 4.82. The number of carbonyl (C=O) groups is 2. The van der Waals surface area contributed by atoms with E-state index in [1.165, 1.54) is 29.2 Å². The number of Topliss-reactive ketones (excluding diaryl/α,β-unsaturated/α-hetero) is 1. The van der Waals surface area contributed by atoms with Gasteiger partial charge in [0.15, 0.2) is 11.5 Å². The van der Waals surface area contributed by atoms with Crippen molar-refractivity contribution in [3.05, 3.63) is 95.1 Å². The van der Waals surface area contributed by atoms with Crippen molar-refractivity contribution in [2.45, 2.75) is 12.6 Å². The number of likely N-dealkylation sites (tertiary alicyclic amines) is 1. The maximum atomic E-state index is 14.8. The number of aliphatic hydroxyl groups is 1. The van der Waals surface area contributed by atoms with Crippen molar-refractivity contribution in [2.24, 2.45) is 0 Å². The number of aromatic nitrogens is 1. The first-order valence-electron chi connectivity index (χ1n) is 9.86. The van der Waals surface area contributed by atoms with E-state index < -0.39 is 29.3 Å². The highest BCUT2D eigenvalue weighted by Gasteiger charge is 2.47. The Labute approximate surface area is 182 Å². The molecule has 1 fully saturated rings. The molecule has 2 aliphatic rings. The molecule has 1 N–H and O–H groups in total. The first-order valence-corrected chi connectivity index (χ1v) is 9.86. The highest BCUT2D eigenvalue weighted by atomic mass is 19.1. The number of fused-ring (bicyclic) bond motifs is 1. The summed E-state index contributed by atoms with van der Waals surface area (Å²) in [4.78, 5) is 31.3. The van der Waals surface area contributed by atoms with Crippen LogP contribution < -0.4 is 9.47 Å². The smallest absolute Gasteiger partial charge is 0.295 e. The molecule has 0 saturated carbocycles. The van der Waals surface area contributed by atoms with Gasteiger partial charge in [0.05, 0.1) is 11.6 Å². The molecule has 5 rings (SSSR count). The molecule has 1 saturated heterocycles. The number of ether oxygens (including phenoxy) is 2. The molecule has 0 bridgehead atoms. The van der Waals surface area contributed by atoms with Crippen LogP contribution in [0.2, 0.25) is 0 Å². The van der Waals surface area contributed by atoms with Crippen LogP contribution in [-0.2, 0) is 16.1 Å². The molecule has 7 nitrogen and oxygen atoms in total. The van der Waals surface area contributed by atoms with Gasteiger partial charge in [0, 0.05) is 30.1 Å². The van der Waals surface area contributed by atoms with Crippen LogP contribution in [0.4, 0.5) is 4.39 Å². The average molecular weight is 432 g/mol. The van der Waals surface area contributed by atoms with E-state index in [1.54, 1.807) is 42.7 Å². The van der Waals surface area contributed by atoms with Crippen LogP contribution in [0.1, 0.15) is 22.7 Å². The number of carbonyl (C=O) groups excluding carboxylic acids is 2. The Morgan fingerprint density at radius 3 is 2.69 bits per heavy atom. The maximum absolute atomic E-state index is 14.8. The normalized spacial score (nSPS) is 18.9. The van der Waals surface area contributed by atoms with Gasteiger partial charge in [-0.1, -0.05) is 24.3 Å². The van der Waals surface area contributed by atoms with Crippen molar-refractivity contribution in [1.29, 1.82) is 0 Å². The largest absolute Gasteiger partial charge is 0.507 e. The molecule has 2 aromatic carbocycles. The lowest BCUT2D eigenvalue weighted by molar-refractivity contribution is -0.140. The van der Waals surface area contributed by atoms with Crippen molar-refractivity contribution in [1.82, 2.24) is 9.88 Å². The number of pyridine rings is 1. The van der Waals surface area contributed by atoms with E-state index in [1.807, 2.05) is 0 Å². The molecule has 3 heterocycles. The summed E-state index contributed by atoms with van der Waals surface area (Å²) in [7, 11) is 0. The van der Waals surface area contributed by atoms with Gasteiger partial charge in [-0.15, -0.1) is 0 Å². The standard InChI is InChI=1S/C24H17FN2O5/c25-17-6-2-1-5-16(17)21-20(22(28)15-7-8-18-19(10-15)32-13-31-18)23(29)24(30)27(21)12-14-4-3-9-26-11-14/h1-11,21,28H,12-13H2/b22-20+. The third kappa shape index (κ3) is 3.26. The van der Waals surface area contributed by atoms with Gasteiger partial charge in [-0.3, -0.25) is 14.6 Å². The van der Waals surface area contributed by atoms with Crippen molar-refractivity contribution in [3.63, 3.8) is 0 Å². The summed E-state index contributed by atoms with van der Waals surface area (Å²) >= 11 is 0. The van der Waals surface area contributed by atoms with E-state index in [0.717, 1.165) is 0 Å². The molecule has 1 unspecified atom stereocenters. The molecule has 1 atom stereocenters. The van der Waals surface area contributed by atoms with Gasteiger partial charge in [0.2, 0.25) is 6.79 Å². The minimum absolute atomic E-state index is 0.0231. The predicted octanol–water partition coefficient (Wildman–Crippen LogP) is 3.57. The van der Waals surface area contributed by atoms with Crippen LogP contribution in [-0.4, -0.2) is 33.5 Å². The molecule has 3 aromatic rings. The average Bonchev–Trinajstić information content (AvgIpc) is 3.38. The van der Waals surface area contributed by atoms with E-state index in [4.69, 9.17) is 9.47 Å². The molecule has 1 aromatic heterocycles. The third-order valence-corrected chi connectivity index (χ3v) is 5.46. The van der Waals surface area contributed by atoms with Crippen LogP contribution in [0, 0.1) is 5.82 Å². The summed E-state index contributed by atoms with van der Waals surface area (Å²) < 4.78 is 25.5. The Hall–Kier alpha value is -4.20. The van der Waals surface area contributed by atoms with Gasteiger partial charge in [-0.25, -0.2) is 4.39 Å². The number of amides is 1. The highest BCUT2D eigenvalue weighted by molar-refractivity contribution is 6.46. The fourth-order valence-electron chi connectivity index (χ4n) is 3.95. The number of aliphatic hydroxyl groups excluding tert-OH is 1. The molecule has 160 valence electrons. The zero-order valence-electron chi connectivity index (χ0n) is 16.7. The van der Waals surface area contributed by atoms with Gasteiger partial charge in [0.25, 0.3) is 11.7 Å². The van der Waals surface area contributed by atoms with Crippen molar-refractivity contribution in [3.8, 4) is 11.5 Å². The number of hydrogen-bond donors (Lipinski definition) is 1. The lowest BCUT2D eigenvalue weighted by atomic mass is 9.94. The Balaban J connectivity index is 1.66. The summed E-state index contributed by atoms with van der Waals surface area (Å²) in [5.74, 6) is -1.82. The zero-order valence-corrected chi connectivity index (χ0v) is 16.7. The number of ketones is 1. The number of hydrogen-bond acceptors (Lipinski definition) is 6. The fraction of sp³-hybridized carbons (Fsp3) is 0.125. The van der Waals surface area contributed by atoms with E-state index in [-0.39, 0.29) is 30.0 Å². The Morgan fingerprint density at radius 2 is 1.91 bits per heavy atom. The fourth-order valence-corrected chi connectivity index (χ4v) is 3.95. The quantitative estimate of drug-likeness (QED) is 0.385. The minimum atomic E-state index is -1.11. The van der Waals surface area contributed by atoms with Gasteiger partial charge in [-0.05, 0) is 35.9 Å². The summed E-state index contributed by atoms with van der Waals surface area (Å²) in [6.07, 6.45) is 3.15. The van der Waals surface area contributed by atoms with Gasteiger partial charge in [-0.2, -0.15) is 0 Å². The van der Waals surface area contributed by atoms with Crippen LogP contribution in [0.5, 0.6) is 11.5 Å². The van der Waals surface area contributed by atoms with E-state index in [0.29, 0.717) is 17.1 Å². The second-order valence-corrected chi connectivity index (χ2v) is 7.38. The molecule has 0 spiro atoms. The van der Waals surface area contributed by atoms with Crippen LogP contribution >= 0.6 is 0 Å². The summed E-state index contributed by atoms with van der Waals surface area (Å²) in [6.45, 7) is 0.0691. The van der Waals surface area contributed by atoms with Crippen molar-refractivity contribution in [2.75, 3.05) is 6.79 Å². The number of halogens is 1. The van der Waals surface area contributed by atoms with E-state index in [9.17, 15) is 19.1 Å². The topological polar surface area (TPSA) is 89.0 Å². The zero-order chi connectivity index (χ0) is 22.2. The summed E-state index contributed by atoms with van der Waals surface area (Å²) in [5.41, 5.74) is 0.842. The number of rotatable bonds is 4. The molecule has 8 heteroatoms. The first kappa shape index (κ1) is 19.7. The van der Waals surface area contributed by atoms with Crippen LogP contribution in [0.25, 0.3) is 5.76 Å². The van der Waals surface area contributed by atoms with Crippen LogP contribution in [0.3, 0.4) is 0 Å². The third-order valence-electron chi connectivity index (χ3n) is 5.46. The predicted molar refractivity (Wildman–Crippen MR) is 111 cm³/mol. The number of nitrogens with zero attached hydrogens (tertiary/aromatic N) is 2. The molecular weight excluding hydrogens is 415 g/mol. The monoisotopic (exact) mass is 432 g/mol. The molecule has 0 aliphatic carbocycles. The molecule has 2 aliphatic heterocycles. The Bertz CT molecular complexity index is 1260. The van der Waals surface area contributed by atoms with Crippen molar-refractivity contribution >= 4 is 17.4 Å². The van der Waals surface area contributed by atoms with Gasteiger partial charge < -0.3 is 19.5 Å². The Morgan fingerprint density at radius 1 is 1.09 bits per heavy atom. The van der Waals surface area contributed by atoms with Crippen LogP contribution in [0.15, 0.2) is 72.6 Å². The van der Waals surface area contributed by atoms with Gasteiger partial charge in [0.1, 0.15) is 11.6 Å². The lowest BCUT2D eigenvalue weighted by Gasteiger charge is -2.25. The second-order valence-electron chi connectivity index (χ2n) is 7.38. The number of benzene rings is 2. The summed E-state index contributed by atoms with van der Waals surface area (Å²) in [5, 5.41) is 11.1. The van der Waals surface area contributed by atoms with E-state index in [2.05, 4.69) is 4.98 Å². The first-order chi connectivity index (χ1) is 15.5. The molecule has 0 radical (unpaired) electrons. The second kappa shape index (κ2) is 7.81.